The first kappa shape index (κ1) is 11.3. The molecule has 0 aliphatic rings. The Morgan fingerprint density at radius 2 is 2.00 bits per heavy atom. The molecule has 0 aromatic heterocycles. The summed E-state index contributed by atoms with van der Waals surface area (Å²) < 4.78 is 29.7. The van der Waals surface area contributed by atoms with Crippen molar-refractivity contribution in [3.05, 3.63) is 0 Å². The van der Waals surface area contributed by atoms with Gasteiger partial charge >= 0.3 is 5.97 Å². The number of methoxy groups -OCH3 is 1. The quantitative estimate of drug-likeness (QED) is 0.607. The maximum absolute atomic E-state index is 12.7. The normalized spacial score (nSPS) is 11.3. The molecule has 0 aliphatic carbocycles. The monoisotopic (exact) mass is 180 g/mol. The van der Waals surface area contributed by atoms with Crippen LogP contribution in [0.3, 0.4) is 0 Å². The summed E-state index contributed by atoms with van der Waals surface area (Å²) in [7, 11) is 1.19. The Morgan fingerprint density at radius 3 is 2.42 bits per heavy atom. The molecule has 4 heteroatoms. The molecule has 0 rings (SSSR count). The molecule has 0 radical (unpaired) electrons. The molecule has 12 heavy (non-hydrogen) atoms. The summed E-state index contributed by atoms with van der Waals surface area (Å²) in [6.07, 6.45) is -0.352. The Morgan fingerprint density at radius 1 is 1.42 bits per heavy atom. The molecule has 0 heterocycles. The highest BCUT2D eigenvalue weighted by Gasteiger charge is 2.28. The second-order valence-corrected chi connectivity index (χ2v) is 2.68. The van der Waals surface area contributed by atoms with E-state index >= 15 is 0 Å². The van der Waals surface area contributed by atoms with Crippen LogP contribution >= 0.6 is 0 Å². The molecular weight excluding hydrogens is 166 g/mol. The molecule has 0 bridgehead atoms. The number of hydrogen-bond donors (Lipinski definition) is 0. The lowest BCUT2D eigenvalue weighted by molar-refractivity contribution is -0.142. The van der Waals surface area contributed by atoms with Gasteiger partial charge in [-0.3, -0.25) is 4.79 Å². The zero-order valence-electron chi connectivity index (χ0n) is 7.40. The number of carbonyl (C=O) groups is 1. The minimum atomic E-state index is -2.72. The summed E-state index contributed by atoms with van der Waals surface area (Å²) in [6, 6.07) is 0. The third-order valence-electron chi connectivity index (χ3n) is 1.54. The van der Waals surface area contributed by atoms with Crippen molar-refractivity contribution in [3.63, 3.8) is 0 Å². The predicted octanol–water partition coefficient (Wildman–Crippen LogP) is 2.38. The molecule has 0 amide bonds. The van der Waals surface area contributed by atoms with Crippen molar-refractivity contribution < 1.29 is 18.3 Å². The highest BCUT2D eigenvalue weighted by Crippen LogP contribution is 2.25. The molecule has 0 aliphatic heterocycles. The topological polar surface area (TPSA) is 26.3 Å². The summed E-state index contributed by atoms with van der Waals surface area (Å²) in [5, 5.41) is 0. The van der Waals surface area contributed by atoms with E-state index in [-0.39, 0.29) is 12.8 Å². The molecule has 0 atom stereocenters. The Bertz CT molecular complexity index is 146. The smallest absolute Gasteiger partial charge is 0.305 e. The van der Waals surface area contributed by atoms with Gasteiger partial charge in [0.15, 0.2) is 0 Å². The number of ether oxygens (including phenoxy) is 1. The molecule has 0 saturated heterocycles. The third kappa shape index (κ3) is 5.04. The molecule has 0 N–H and O–H groups in total. The maximum atomic E-state index is 12.7. The van der Waals surface area contributed by atoms with Crippen molar-refractivity contribution in [1.29, 1.82) is 0 Å². The summed E-state index contributed by atoms with van der Waals surface area (Å²) in [4.78, 5) is 10.5. The zero-order valence-corrected chi connectivity index (χ0v) is 7.40. The number of carbonyl (C=O) groups excluding carboxylic acids is 1. The van der Waals surface area contributed by atoms with E-state index in [0.717, 1.165) is 0 Å². The standard InChI is InChI=1S/C8H14F2O2/c1-3-5-8(9,10)6-4-7(11)12-2/h3-6H2,1-2H3. The molecule has 0 fully saturated rings. The van der Waals surface area contributed by atoms with Gasteiger partial charge in [-0.05, 0) is 0 Å². The van der Waals surface area contributed by atoms with Crippen molar-refractivity contribution in [3.8, 4) is 0 Å². The third-order valence-corrected chi connectivity index (χ3v) is 1.54. The average molecular weight is 180 g/mol. The van der Waals surface area contributed by atoms with E-state index in [9.17, 15) is 13.6 Å². The van der Waals surface area contributed by atoms with Crippen LogP contribution in [0.15, 0.2) is 0 Å². The summed E-state index contributed by atoms with van der Waals surface area (Å²) in [5.41, 5.74) is 0. The van der Waals surface area contributed by atoms with Crippen LogP contribution in [0.5, 0.6) is 0 Å². The van der Waals surface area contributed by atoms with Gasteiger partial charge in [-0.15, -0.1) is 0 Å². The second-order valence-electron chi connectivity index (χ2n) is 2.68. The van der Waals surface area contributed by atoms with Crippen LogP contribution in [0.4, 0.5) is 8.78 Å². The highest BCUT2D eigenvalue weighted by atomic mass is 19.3. The van der Waals surface area contributed by atoms with Crippen LogP contribution in [0.1, 0.15) is 32.6 Å². The maximum Gasteiger partial charge on any atom is 0.305 e. The number of alkyl halides is 2. The predicted molar refractivity (Wildman–Crippen MR) is 41.1 cm³/mol. The molecule has 72 valence electrons. The fourth-order valence-electron chi connectivity index (χ4n) is 0.878. The van der Waals surface area contributed by atoms with E-state index in [1.165, 1.54) is 7.11 Å². The summed E-state index contributed by atoms with van der Waals surface area (Å²) in [5.74, 6) is -3.30. The Hall–Kier alpha value is -0.670. The van der Waals surface area contributed by atoms with Crippen molar-refractivity contribution >= 4 is 5.97 Å². The van der Waals surface area contributed by atoms with Crippen LogP contribution < -0.4 is 0 Å². The zero-order chi connectivity index (χ0) is 9.61. The van der Waals surface area contributed by atoms with Gasteiger partial charge in [0, 0.05) is 12.8 Å². The van der Waals surface area contributed by atoms with Gasteiger partial charge in [0.2, 0.25) is 5.92 Å². The number of rotatable bonds is 5. The molecule has 2 nitrogen and oxygen atoms in total. The second kappa shape index (κ2) is 5.06. The van der Waals surface area contributed by atoms with E-state index in [1.54, 1.807) is 6.92 Å². The Labute approximate surface area is 70.9 Å². The molecule has 0 aromatic carbocycles. The minimum Gasteiger partial charge on any atom is -0.469 e. The van der Waals surface area contributed by atoms with Crippen LogP contribution in [0, 0.1) is 0 Å². The lowest BCUT2D eigenvalue weighted by Gasteiger charge is -2.13. The lowest BCUT2D eigenvalue weighted by atomic mass is 10.1. The van der Waals surface area contributed by atoms with E-state index < -0.39 is 18.3 Å². The summed E-state index contributed by atoms with van der Waals surface area (Å²) in [6.45, 7) is 1.69. The van der Waals surface area contributed by atoms with Crippen LogP contribution in [0.25, 0.3) is 0 Å². The summed E-state index contributed by atoms with van der Waals surface area (Å²) >= 11 is 0. The van der Waals surface area contributed by atoms with E-state index in [2.05, 4.69) is 4.74 Å². The van der Waals surface area contributed by atoms with E-state index in [0.29, 0.717) is 6.42 Å². The van der Waals surface area contributed by atoms with Gasteiger partial charge in [-0.1, -0.05) is 13.3 Å². The number of hydrogen-bond acceptors (Lipinski definition) is 2. The number of halogens is 2. The van der Waals surface area contributed by atoms with Gasteiger partial charge in [0.25, 0.3) is 0 Å². The van der Waals surface area contributed by atoms with E-state index in [4.69, 9.17) is 0 Å². The van der Waals surface area contributed by atoms with Crippen molar-refractivity contribution in [2.45, 2.75) is 38.5 Å². The Kier molecular flexibility index (Phi) is 4.78. The first-order valence-electron chi connectivity index (χ1n) is 3.96. The first-order valence-corrected chi connectivity index (χ1v) is 3.96. The van der Waals surface area contributed by atoms with Crippen LogP contribution in [-0.4, -0.2) is 19.0 Å². The first-order chi connectivity index (χ1) is 5.52. The van der Waals surface area contributed by atoms with Crippen molar-refractivity contribution in [1.82, 2.24) is 0 Å². The fourth-order valence-corrected chi connectivity index (χ4v) is 0.878. The number of esters is 1. The fraction of sp³-hybridized carbons (Fsp3) is 0.875. The SMILES string of the molecule is CCCC(F)(F)CCC(=O)OC. The molecule has 0 saturated carbocycles. The highest BCUT2D eigenvalue weighted by molar-refractivity contribution is 5.69. The van der Waals surface area contributed by atoms with Crippen molar-refractivity contribution in [2.75, 3.05) is 7.11 Å². The molecule has 0 unspecified atom stereocenters. The Balaban J connectivity index is 3.67. The van der Waals surface area contributed by atoms with Crippen LogP contribution in [0.2, 0.25) is 0 Å². The van der Waals surface area contributed by atoms with E-state index in [1.807, 2.05) is 0 Å². The van der Waals surface area contributed by atoms with Crippen molar-refractivity contribution in [2.24, 2.45) is 0 Å². The van der Waals surface area contributed by atoms with Gasteiger partial charge in [-0.2, -0.15) is 0 Å². The molecule has 0 aromatic rings. The average Bonchev–Trinajstić information content (AvgIpc) is 2.00. The minimum absolute atomic E-state index is 0.163. The largest absolute Gasteiger partial charge is 0.469 e. The van der Waals surface area contributed by atoms with Crippen LogP contribution in [-0.2, 0) is 9.53 Å². The lowest BCUT2D eigenvalue weighted by Crippen LogP contribution is -2.17. The van der Waals surface area contributed by atoms with Gasteiger partial charge in [-0.25, -0.2) is 8.78 Å². The van der Waals surface area contributed by atoms with Gasteiger partial charge in [0.05, 0.1) is 13.5 Å². The molecular formula is C8H14F2O2. The molecule has 0 spiro atoms. The van der Waals surface area contributed by atoms with Gasteiger partial charge < -0.3 is 4.74 Å². The van der Waals surface area contributed by atoms with Gasteiger partial charge in [0.1, 0.15) is 0 Å².